The van der Waals surface area contributed by atoms with Gasteiger partial charge < -0.3 is 4.90 Å². The topological polar surface area (TPSA) is 3.24 Å². The van der Waals surface area contributed by atoms with Crippen LogP contribution in [0, 0.1) is 0 Å². The fraction of sp³-hybridized carbons (Fsp3) is 1.00. The molecule has 2 rings (SSSR count). The quantitative estimate of drug-likeness (QED) is 0.548. The third-order valence-electron chi connectivity index (χ3n) is 6.30. The van der Waals surface area contributed by atoms with Gasteiger partial charge in [-0.05, 0) is 32.7 Å². The molecule has 0 heterocycles. The van der Waals surface area contributed by atoms with Crippen LogP contribution in [-0.4, -0.2) is 24.0 Å². The van der Waals surface area contributed by atoms with Gasteiger partial charge >= 0.3 is 0 Å². The van der Waals surface area contributed by atoms with Gasteiger partial charge in [0.05, 0.1) is 0 Å². The molecule has 130 valence electrons. The summed E-state index contributed by atoms with van der Waals surface area (Å²) in [5.41, 5.74) is 0. The highest BCUT2D eigenvalue weighted by Crippen LogP contribution is 2.26. The van der Waals surface area contributed by atoms with E-state index in [4.69, 9.17) is 0 Å². The third kappa shape index (κ3) is 7.02. The molecule has 0 aromatic rings. The van der Waals surface area contributed by atoms with Crippen LogP contribution in [0.5, 0.6) is 0 Å². The van der Waals surface area contributed by atoms with Crippen molar-refractivity contribution in [3.63, 3.8) is 0 Å². The van der Waals surface area contributed by atoms with Gasteiger partial charge in [0, 0.05) is 12.1 Å². The maximum Gasteiger partial charge on any atom is 0.00951 e. The standard InChI is InChI=1S/C21H41N/c1-22(21-18-14-10-6-7-11-15-19-21)20-16-12-8-4-2-3-5-9-13-17-20/h20-21H,2-19H2,1H3. The van der Waals surface area contributed by atoms with Gasteiger partial charge in [0.1, 0.15) is 0 Å². The minimum absolute atomic E-state index is 0.879. The van der Waals surface area contributed by atoms with Gasteiger partial charge in [0.15, 0.2) is 0 Å². The zero-order valence-corrected chi connectivity index (χ0v) is 15.3. The molecule has 1 nitrogen and oxygen atoms in total. The molecule has 0 aromatic carbocycles. The summed E-state index contributed by atoms with van der Waals surface area (Å²) in [6, 6.07) is 1.76. The Bertz CT molecular complexity index is 241. The maximum atomic E-state index is 2.84. The summed E-state index contributed by atoms with van der Waals surface area (Å²) in [6.07, 6.45) is 26.6. The van der Waals surface area contributed by atoms with E-state index in [9.17, 15) is 0 Å². The first-order chi connectivity index (χ1) is 10.9. The van der Waals surface area contributed by atoms with Gasteiger partial charge in [-0.25, -0.2) is 0 Å². The van der Waals surface area contributed by atoms with Crippen molar-refractivity contribution in [1.82, 2.24) is 4.90 Å². The number of nitrogens with zero attached hydrogens (tertiary/aromatic N) is 1. The Balaban J connectivity index is 1.85. The molecule has 0 aliphatic heterocycles. The highest BCUT2D eigenvalue weighted by molar-refractivity contribution is 4.78. The van der Waals surface area contributed by atoms with Crippen LogP contribution in [0.15, 0.2) is 0 Å². The van der Waals surface area contributed by atoms with Crippen molar-refractivity contribution in [3.05, 3.63) is 0 Å². The van der Waals surface area contributed by atoms with E-state index in [0.717, 1.165) is 12.1 Å². The normalized spacial score (nSPS) is 25.9. The Hall–Kier alpha value is -0.0400. The fourth-order valence-electron chi connectivity index (χ4n) is 4.69. The molecule has 0 bridgehead atoms. The lowest BCUT2D eigenvalue weighted by molar-refractivity contribution is 0.133. The van der Waals surface area contributed by atoms with Crippen LogP contribution < -0.4 is 0 Å². The highest BCUT2D eigenvalue weighted by atomic mass is 15.2. The van der Waals surface area contributed by atoms with Crippen LogP contribution in [0.4, 0.5) is 0 Å². The van der Waals surface area contributed by atoms with E-state index in [1.807, 2.05) is 0 Å². The lowest BCUT2D eigenvalue weighted by Gasteiger charge is -2.36. The van der Waals surface area contributed by atoms with E-state index < -0.39 is 0 Å². The Kier molecular flexibility index (Phi) is 9.56. The average molecular weight is 308 g/mol. The molecule has 2 saturated carbocycles. The van der Waals surface area contributed by atoms with E-state index in [1.165, 1.54) is 116 Å². The molecule has 2 fully saturated rings. The van der Waals surface area contributed by atoms with Crippen LogP contribution in [0.2, 0.25) is 0 Å². The predicted molar refractivity (Wildman–Crippen MR) is 98.4 cm³/mol. The molecule has 0 saturated heterocycles. The van der Waals surface area contributed by atoms with E-state index in [2.05, 4.69) is 11.9 Å². The number of hydrogen-bond acceptors (Lipinski definition) is 1. The van der Waals surface area contributed by atoms with Crippen molar-refractivity contribution in [1.29, 1.82) is 0 Å². The largest absolute Gasteiger partial charge is 0.300 e. The van der Waals surface area contributed by atoms with Gasteiger partial charge in [0.25, 0.3) is 0 Å². The fourth-order valence-corrected chi connectivity index (χ4v) is 4.69. The summed E-state index contributed by atoms with van der Waals surface area (Å²) in [5, 5.41) is 0. The second-order valence-electron chi connectivity index (χ2n) is 8.08. The molecule has 2 aliphatic carbocycles. The van der Waals surface area contributed by atoms with Crippen LogP contribution in [-0.2, 0) is 0 Å². The lowest BCUT2D eigenvalue weighted by Crippen LogP contribution is -2.40. The molecule has 1 heteroatoms. The lowest BCUT2D eigenvalue weighted by atomic mass is 9.96. The van der Waals surface area contributed by atoms with Gasteiger partial charge in [-0.1, -0.05) is 89.9 Å². The van der Waals surface area contributed by atoms with Crippen molar-refractivity contribution in [3.8, 4) is 0 Å². The Morgan fingerprint density at radius 2 is 0.636 bits per heavy atom. The van der Waals surface area contributed by atoms with Crippen molar-refractivity contribution >= 4 is 0 Å². The molecule has 0 unspecified atom stereocenters. The molecule has 2 aliphatic rings. The summed E-state index contributed by atoms with van der Waals surface area (Å²) in [6.45, 7) is 0. The minimum atomic E-state index is 0.879. The number of rotatable bonds is 2. The van der Waals surface area contributed by atoms with Crippen molar-refractivity contribution in [2.45, 2.75) is 128 Å². The average Bonchev–Trinajstić information content (AvgIpc) is 2.62. The van der Waals surface area contributed by atoms with E-state index in [-0.39, 0.29) is 0 Å². The first kappa shape index (κ1) is 18.3. The second-order valence-corrected chi connectivity index (χ2v) is 8.08. The monoisotopic (exact) mass is 307 g/mol. The molecule has 0 amide bonds. The summed E-state index contributed by atoms with van der Waals surface area (Å²) < 4.78 is 0. The van der Waals surface area contributed by atoms with Crippen molar-refractivity contribution in [2.75, 3.05) is 7.05 Å². The SMILES string of the molecule is CN(C1CCCCCCCCCC1)C1CCCCCCCC1. The molecule has 0 N–H and O–H groups in total. The molecule has 0 atom stereocenters. The van der Waals surface area contributed by atoms with Crippen LogP contribution in [0.25, 0.3) is 0 Å². The van der Waals surface area contributed by atoms with E-state index in [1.54, 1.807) is 0 Å². The molecular weight excluding hydrogens is 266 g/mol. The second kappa shape index (κ2) is 11.5. The van der Waals surface area contributed by atoms with Gasteiger partial charge in [-0.3, -0.25) is 0 Å². The maximum absolute atomic E-state index is 2.84. The Morgan fingerprint density at radius 3 is 0.909 bits per heavy atom. The molecule has 0 spiro atoms. The zero-order valence-electron chi connectivity index (χ0n) is 15.3. The molecular formula is C21H41N. The van der Waals surface area contributed by atoms with Gasteiger partial charge in [0.2, 0.25) is 0 Å². The van der Waals surface area contributed by atoms with Crippen molar-refractivity contribution in [2.24, 2.45) is 0 Å². The Morgan fingerprint density at radius 1 is 0.409 bits per heavy atom. The predicted octanol–water partition coefficient (Wildman–Crippen LogP) is 6.70. The molecule has 0 radical (unpaired) electrons. The van der Waals surface area contributed by atoms with E-state index in [0.29, 0.717) is 0 Å². The molecule has 22 heavy (non-hydrogen) atoms. The van der Waals surface area contributed by atoms with E-state index >= 15 is 0 Å². The summed E-state index contributed by atoms with van der Waals surface area (Å²) >= 11 is 0. The minimum Gasteiger partial charge on any atom is -0.300 e. The summed E-state index contributed by atoms with van der Waals surface area (Å²) in [4.78, 5) is 2.84. The number of hydrogen-bond donors (Lipinski definition) is 0. The van der Waals surface area contributed by atoms with Gasteiger partial charge in [-0.2, -0.15) is 0 Å². The summed E-state index contributed by atoms with van der Waals surface area (Å²) in [5.74, 6) is 0. The van der Waals surface area contributed by atoms with Gasteiger partial charge in [-0.15, -0.1) is 0 Å². The smallest absolute Gasteiger partial charge is 0.00951 e. The van der Waals surface area contributed by atoms with Crippen LogP contribution >= 0.6 is 0 Å². The van der Waals surface area contributed by atoms with Crippen LogP contribution in [0.3, 0.4) is 0 Å². The first-order valence-electron chi connectivity index (χ1n) is 10.6. The highest BCUT2D eigenvalue weighted by Gasteiger charge is 2.22. The first-order valence-corrected chi connectivity index (χ1v) is 10.6. The zero-order chi connectivity index (χ0) is 15.5. The van der Waals surface area contributed by atoms with Crippen molar-refractivity contribution < 1.29 is 0 Å². The Labute approximate surface area is 140 Å². The third-order valence-corrected chi connectivity index (χ3v) is 6.30. The summed E-state index contributed by atoms with van der Waals surface area (Å²) in [7, 11) is 2.47. The molecule has 0 aromatic heterocycles. The van der Waals surface area contributed by atoms with Crippen LogP contribution in [0.1, 0.15) is 116 Å².